The normalized spacial score (nSPS) is 13.5. The smallest absolute Gasteiger partial charge is 0.261 e. The van der Waals surface area contributed by atoms with Crippen molar-refractivity contribution in [3.05, 3.63) is 34.9 Å². The summed E-state index contributed by atoms with van der Waals surface area (Å²) in [7, 11) is 0. The number of nitrogens with one attached hydrogen (secondary N) is 1. The Labute approximate surface area is 129 Å². The van der Waals surface area contributed by atoms with Gasteiger partial charge in [-0.15, -0.1) is 0 Å². The van der Waals surface area contributed by atoms with Crippen LogP contribution in [-0.2, 0) is 4.79 Å². The van der Waals surface area contributed by atoms with Crippen LogP contribution in [0.2, 0.25) is 0 Å². The van der Waals surface area contributed by atoms with Crippen LogP contribution >= 0.6 is 0 Å². The van der Waals surface area contributed by atoms with Crippen LogP contribution in [0.4, 0.5) is 0 Å². The fourth-order valence-corrected chi connectivity index (χ4v) is 2.40. The second-order valence-electron chi connectivity index (χ2n) is 5.34. The highest BCUT2D eigenvalue weighted by Gasteiger charge is 2.34. The standard InChI is InChI=1S/C16H20N2O4/c1-11-5-6-12-13(10-11)16(22)18(15(12)21)8-2-4-14(20)17-7-3-9-19/h5-6,10,19H,2-4,7-9H2,1H3,(H,17,20). The highest BCUT2D eigenvalue weighted by molar-refractivity contribution is 6.21. The number of hydrogen-bond donors (Lipinski definition) is 2. The number of carbonyl (C=O) groups excluding carboxylic acids is 3. The third kappa shape index (κ3) is 3.51. The third-order valence-corrected chi connectivity index (χ3v) is 3.57. The van der Waals surface area contributed by atoms with E-state index in [9.17, 15) is 14.4 Å². The van der Waals surface area contributed by atoms with Gasteiger partial charge in [0.05, 0.1) is 11.1 Å². The van der Waals surface area contributed by atoms with E-state index in [4.69, 9.17) is 5.11 Å². The van der Waals surface area contributed by atoms with Crippen LogP contribution in [0.1, 0.15) is 45.5 Å². The molecule has 0 atom stereocenters. The number of rotatable bonds is 7. The molecule has 2 rings (SSSR count). The molecule has 6 nitrogen and oxygen atoms in total. The number of imide groups is 1. The molecule has 0 spiro atoms. The number of nitrogens with zero attached hydrogens (tertiary/aromatic N) is 1. The summed E-state index contributed by atoms with van der Waals surface area (Å²) in [4.78, 5) is 37.1. The minimum Gasteiger partial charge on any atom is -0.396 e. The largest absolute Gasteiger partial charge is 0.396 e. The fourth-order valence-electron chi connectivity index (χ4n) is 2.40. The van der Waals surface area contributed by atoms with Gasteiger partial charge < -0.3 is 10.4 Å². The molecule has 2 N–H and O–H groups in total. The highest BCUT2D eigenvalue weighted by atomic mass is 16.3. The Kier molecular flexibility index (Phi) is 5.27. The number of benzene rings is 1. The quantitative estimate of drug-likeness (QED) is 0.578. The van der Waals surface area contributed by atoms with Crippen molar-refractivity contribution >= 4 is 17.7 Å². The van der Waals surface area contributed by atoms with E-state index < -0.39 is 0 Å². The maximum Gasteiger partial charge on any atom is 0.261 e. The number of carbonyl (C=O) groups is 3. The molecule has 0 saturated carbocycles. The molecule has 1 aromatic rings. The molecule has 0 radical (unpaired) electrons. The van der Waals surface area contributed by atoms with Gasteiger partial charge in [0, 0.05) is 26.1 Å². The zero-order valence-electron chi connectivity index (χ0n) is 12.6. The summed E-state index contributed by atoms with van der Waals surface area (Å²) < 4.78 is 0. The van der Waals surface area contributed by atoms with Gasteiger partial charge in [-0.25, -0.2) is 0 Å². The summed E-state index contributed by atoms with van der Waals surface area (Å²) in [6.07, 6.45) is 1.19. The Morgan fingerprint density at radius 3 is 2.64 bits per heavy atom. The Hall–Kier alpha value is -2.21. The Morgan fingerprint density at radius 1 is 1.18 bits per heavy atom. The maximum absolute atomic E-state index is 12.2. The number of hydrogen-bond acceptors (Lipinski definition) is 4. The van der Waals surface area contributed by atoms with E-state index in [1.165, 1.54) is 4.90 Å². The van der Waals surface area contributed by atoms with Gasteiger partial charge in [0.1, 0.15) is 0 Å². The van der Waals surface area contributed by atoms with Crippen LogP contribution in [0.15, 0.2) is 18.2 Å². The molecule has 0 saturated heterocycles. The van der Waals surface area contributed by atoms with Gasteiger partial charge in [-0.2, -0.15) is 0 Å². The van der Waals surface area contributed by atoms with Gasteiger partial charge in [0.2, 0.25) is 5.91 Å². The zero-order chi connectivity index (χ0) is 16.1. The average Bonchev–Trinajstić information content (AvgIpc) is 2.72. The molecule has 1 aliphatic rings. The van der Waals surface area contributed by atoms with Gasteiger partial charge >= 0.3 is 0 Å². The van der Waals surface area contributed by atoms with E-state index in [0.717, 1.165) is 5.56 Å². The van der Waals surface area contributed by atoms with Crippen LogP contribution < -0.4 is 5.32 Å². The third-order valence-electron chi connectivity index (χ3n) is 3.57. The maximum atomic E-state index is 12.2. The molecule has 1 aromatic carbocycles. The Balaban J connectivity index is 1.86. The van der Waals surface area contributed by atoms with Crippen molar-refractivity contribution in [2.24, 2.45) is 0 Å². The molecule has 6 heteroatoms. The second-order valence-corrected chi connectivity index (χ2v) is 5.34. The van der Waals surface area contributed by atoms with Gasteiger partial charge in [-0.1, -0.05) is 11.6 Å². The lowest BCUT2D eigenvalue weighted by Gasteiger charge is -2.13. The van der Waals surface area contributed by atoms with Crippen molar-refractivity contribution in [2.75, 3.05) is 19.7 Å². The lowest BCUT2D eigenvalue weighted by Crippen LogP contribution is -2.32. The molecule has 1 heterocycles. The Morgan fingerprint density at radius 2 is 1.91 bits per heavy atom. The van der Waals surface area contributed by atoms with E-state index in [1.807, 2.05) is 13.0 Å². The number of fused-ring (bicyclic) bond motifs is 1. The molecule has 0 unspecified atom stereocenters. The summed E-state index contributed by atoms with van der Waals surface area (Å²) in [5.41, 5.74) is 1.81. The van der Waals surface area contributed by atoms with Gasteiger partial charge in [-0.3, -0.25) is 19.3 Å². The highest BCUT2D eigenvalue weighted by Crippen LogP contribution is 2.24. The molecular weight excluding hydrogens is 284 g/mol. The average molecular weight is 304 g/mol. The van der Waals surface area contributed by atoms with E-state index >= 15 is 0 Å². The van der Waals surface area contributed by atoms with Crippen molar-refractivity contribution in [1.29, 1.82) is 0 Å². The Bertz CT molecular complexity index is 598. The summed E-state index contributed by atoms with van der Waals surface area (Å²) in [6, 6.07) is 5.20. The molecule has 1 aliphatic heterocycles. The first-order valence-corrected chi connectivity index (χ1v) is 7.39. The lowest BCUT2D eigenvalue weighted by atomic mass is 10.1. The zero-order valence-corrected chi connectivity index (χ0v) is 12.6. The van der Waals surface area contributed by atoms with Crippen LogP contribution in [0.25, 0.3) is 0 Å². The molecular formula is C16H20N2O4. The molecule has 118 valence electrons. The van der Waals surface area contributed by atoms with Crippen molar-refractivity contribution in [3.8, 4) is 0 Å². The molecule has 0 bridgehead atoms. The minimum atomic E-state index is -0.291. The first-order chi connectivity index (χ1) is 10.5. The predicted molar refractivity (Wildman–Crippen MR) is 80.5 cm³/mol. The number of aliphatic hydroxyl groups is 1. The van der Waals surface area contributed by atoms with E-state index in [2.05, 4.69) is 5.32 Å². The second kappa shape index (κ2) is 7.17. The molecule has 0 aromatic heterocycles. The van der Waals surface area contributed by atoms with Crippen LogP contribution in [0, 0.1) is 6.92 Å². The minimum absolute atomic E-state index is 0.0364. The number of amides is 3. The first kappa shape index (κ1) is 16.2. The van der Waals surface area contributed by atoms with Gasteiger partial charge in [0.15, 0.2) is 0 Å². The van der Waals surface area contributed by atoms with E-state index in [0.29, 0.717) is 30.5 Å². The summed E-state index contributed by atoms with van der Waals surface area (Å²) >= 11 is 0. The molecule has 0 aliphatic carbocycles. The monoisotopic (exact) mass is 304 g/mol. The number of aryl methyl sites for hydroxylation is 1. The van der Waals surface area contributed by atoms with Crippen molar-refractivity contribution in [3.63, 3.8) is 0 Å². The molecule has 0 fully saturated rings. The SMILES string of the molecule is Cc1ccc2c(c1)C(=O)N(CCCC(=O)NCCCO)C2=O. The predicted octanol–water partition coefficient (Wildman–Crippen LogP) is 0.870. The van der Waals surface area contributed by atoms with Crippen molar-refractivity contribution in [2.45, 2.75) is 26.2 Å². The summed E-state index contributed by atoms with van der Waals surface area (Å²) in [5.74, 6) is -0.717. The van der Waals surface area contributed by atoms with Gasteiger partial charge in [0.25, 0.3) is 11.8 Å². The topological polar surface area (TPSA) is 86.7 Å². The van der Waals surface area contributed by atoms with E-state index in [-0.39, 0.29) is 37.3 Å². The summed E-state index contributed by atoms with van der Waals surface area (Å²) in [5, 5.41) is 11.3. The number of aliphatic hydroxyl groups excluding tert-OH is 1. The fraction of sp³-hybridized carbons (Fsp3) is 0.438. The molecule has 22 heavy (non-hydrogen) atoms. The van der Waals surface area contributed by atoms with E-state index in [1.54, 1.807) is 12.1 Å². The lowest BCUT2D eigenvalue weighted by molar-refractivity contribution is -0.121. The van der Waals surface area contributed by atoms with Crippen LogP contribution in [0.3, 0.4) is 0 Å². The van der Waals surface area contributed by atoms with Crippen LogP contribution in [-0.4, -0.2) is 47.4 Å². The van der Waals surface area contributed by atoms with Crippen molar-refractivity contribution in [1.82, 2.24) is 10.2 Å². The first-order valence-electron chi connectivity index (χ1n) is 7.39. The molecule has 3 amide bonds. The van der Waals surface area contributed by atoms with Crippen molar-refractivity contribution < 1.29 is 19.5 Å². The van der Waals surface area contributed by atoms with Gasteiger partial charge in [-0.05, 0) is 31.9 Å². The van der Waals surface area contributed by atoms with Crippen LogP contribution in [0.5, 0.6) is 0 Å². The summed E-state index contributed by atoms with van der Waals surface area (Å²) in [6.45, 7) is 2.58.